The topological polar surface area (TPSA) is 97.5 Å². The highest BCUT2D eigenvalue weighted by Crippen LogP contribution is 2.33. The molecule has 0 saturated heterocycles. The lowest BCUT2D eigenvalue weighted by atomic mass is 9.87. The SMILES string of the molecule is O=C(O)[C@@H]([C@@H](c1ccccc1)[N+](=O)[O-])[C@@H](Br)C(=O)c1ccccc1. The molecule has 0 fully saturated rings. The fraction of sp³-hybridized carbons (Fsp3) is 0.176. The number of ketones is 1. The molecule has 2 aromatic carbocycles. The Morgan fingerprint density at radius 3 is 1.96 bits per heavy atom. The van der Waals surface area contributed by atoms with Crippen molar-refractivity contribution in [2.45, 2.75) is 10.9 Å². The maximum atomic E-state index is 12.5. The Morgan fingerprint density at radius 2 is 1.50 bits per heavy atom. The van der Waals surface area contributed by atoms with Crippen molar-refractivity contribution < 1.29 is 19.6 Å². The first-order valence-electron chi connectivity index (χ1n) is 7.08. The van der Waals surface area contributed by atoms with E-state index in [0.29, 0.717) is 5.56 Å². The molecule has 0 unspecified atom stereocenters. The van der Waals surface area contributed by atoms with E-state index in [0.717, 1.165) is 0 Å². The third-order valence-electron chi connectivity index (χ3n) is 3.62. The minimum Gasteiger partial charge on any atom is -0.481 e. The number of hydrogen-bond acceptors (Lipinski definition) is 4. The van der Waals surface area contributed by atoms with E-state index in [9.17, 15) is 24.8 Å². The molecule has 24 heavy (non-hydrogen) atoms. The predicted molar refractivity (Wildman–Crippen MR) is 90.8 cm³/mol. The summed E-state index contributed by atoms with van der Waals surface area (Å²) >= 11 is 3.08. The second kappa shape index (κ2) is 7.83. The molecule has 2 aromatic rings. The summed E-state index contributed by atoms with van der Waals surface area (Å²) in [6, 6.07) is 14.4. The van der Waals surface area contributed by atoms with Crippen LogP contribution in [0, 0.1) is 16.0 Å². The average molecular weight is 392 g/mol. The van der Waals surface area contributed by atoms with Crippen molar-refractivity contribution in [1.29, 1.82) is 0 Å². The van der Waals surface area contributed by atoms with Crippen LogP contribution < -0.4 is 0 Å². The highest BCUT2D eigenvalue weighted by molar-refractivity contribution is 9.10. The van der Waals surface area contributed by atoms with Gasteiger partial charge in [-0.15, -0.1) is 0 Å². The fourth-order valence-corrected chi connectivity index (χ4v) is 3.23. The summed E-state index contributed by atoms with van der Waals surface area (Å²) in [6.45, 7) is 0. The highest BCUT2D eigenvalue weighted by atomic mass is 79.9. The molecule has 0 heterocycles. The van der Waals surface area contributed by atoms with E-state index in [1.54, 1.807) is 48.5 Å². The lowest BCUT2D eigenvalue weighted by Gasteiger charge is -2.21. The van der Waals surface area contributed by atoms with Gasteiger partial charge in [0.1, 0.15) is 5.92 Å². The van der Waals surface area contributed by atoms with Gasteiger partial charge in [0.05, 0.1) is 4.83 Å². The Hall–Kier alpha value is -2.54. The van der Waals surface area contributed by atoms with Crippen LogP contribution >= 0.6 is 15.9 Å². The van der Waals surface area contributed by atoms with E-state index >= 15 is 0 Å². The average Bonchev–Trinajstić information content (AvgIpc) is 2.59. The number of aliphatic carboxylic acids is 1. The van der Waals surface area contributed by atoms with Gasteiger partial charge in [0.15, 0.2) is 5.78 Å². The quantitative estimate of drug-likeness (QED) is 0.337. The molecule has 0 bridgehead atoms. The van der Waals surface area contributed by atoms with E-state index in [4.69, 9.17) is 0 Å². The number of halogens is 1. The van der Waals surface area contributed by atoms with Crippen molar-refractivity contribution >= 4 is 27.7 Å². The monoisotopic (exact) mass is 391 g/mol. The van der Waals surface area contributed by atoms with E-state index in [1.165, 1.54) is 12.1 Å². The Balaban J connectivity index is 2.42. The van der Waals surface area contributed by atoms with E-state index in [1.807, 2.05) is 0 Å². The number of carboxylic acid groups (broad SMARTS) is 1. The van der Waals surface area contributed by atoms with Gasteiger partial charge in [0, 0.05) is 16.1 Å². The van der Waals surface area contributed by atoms with Crippen LogP contribution in [0.1, 0.15) is 22.0 Å². The van der Waals surface area contributed by atoms with Gasteiger partial charge in [-0.25, -0.2) is 0 Å². The first-order valence-corrected chi connectivity index (χ1v) is 7.99. The fourth-order valence-electron chi connectivity index (χ4n) is 2.46. The molecular formula is C17H14BrNO5. The van der Waals surface area contributed by atoms with E-state index in [2.05, 4.69) is 15.9 Å². The third-order valence-corrected chi connectivity index (χ3v) is 4.60. The number of alkyl halides is 1. The number of carbonyl (C=O) groups is 2. The van der Waals surface area contributed by atoms with Crippen LogP contribution in [0.4, 0.5) is 0 Å². The zero-order valence-electron chi connectivity index (χ0n) is 12.4. The Labute approximate surface area is 146 Å². The second-order valence-electron chi connectivity index (χ2n) is 5.14. The van der Waals surface area contributed by atoms with Crippen molar-refractivity contribution in [3.8, 4) is 0 Å². The molecule has 3 atom stereocenters. The lowest BCUT2D eigenvalue weighted by Crippen LogP contribution is -2.38. The Kier molecular flexibility index (Phi) is 5.81. The normalized spacial score (nSPS) is 14.4. The van der Waals surface area contributed by atoms with Crippen molar-refractivity contribution in [2.75, 3.05) is 0 Å². The number of nitro groups is 1. The second-order valence-corrected chi connectivity index (χ2v) is 6.12. The van der Waals surface area contributed by atoms with Crippen molar-refractivity contribution in [3.63, 3.8) is 0 Å². The van der Waals surface area contributed by atoms with Gasteiger partial charge in [0.2, 0.25) is 0 Å². The highest BCUT2D eigenvalue weighted by Gasteiger charge is 2.46. The Bertz CT molecular complexity index is 735. The molecule has 0 aromatic heterocycles. The molecule has 0 aliphatic rings. The molecule has 6 nitrogen and oxygen atoms in total. The van der Waals surface area contributed by atoms with Crippen LogP contribution in [0.3, 0.4) is 0 Å². The van der Waals surface area contributed by atoms with Crippen LogP contribution in [0.2, 0.25) is 0 Å². The van der Waals surface area contributed by atoms with Crippen molar-refractivity contribution in [1.82, 2.24) is 0 Å². The summed E-state index contributed by atoms with van der Waals surface area (Å²) < 4.78 is 0. The van der Waals surface area contributed by atoms with Gasteiger partial charge >= 0.3 is 5.97 Å². The third kappa shape index (κ3) is 3.86. The molecule has 0 spiro atoms. The summed E-state index contributed by atoms with van der Waals surface area (Å²) in [4.78, 5) is 33.9. The van der Waals surface area contributed by atoms with Crippen LogP contribution in [-0.4, -0.2) is 26.6 Å². The van der Waals surface area contributed by atoms with E-state index in [-0.39, 0.29) is 5.56 Å². The molecule has 0 aliphatic carbocycles. The molecule has 1 N–H and O–H groups in total. The molecule has 0 amide bonds. The first kappa shape index (κ1) is 17.8. The summed E-state index contributed by atoms with van der Waals surface area (Å²) in [5.74, 6) is -3.47. The van der Waals surface area contributed by atoms with Gasteiger partial charge in [-0.3, -0.25) is 19.7 Å². The molecule has 7 heteroatoms. The number of benzene rings is 2. The summed E-state index contributed by atoms with van der Waals surface area (Å²) in [5, 5.41) is 21.1. The van der Waals surface area contributed by atoms with Gasteiger partial charge < -0.3 is 5.11 Å². The zero-order valence-corrected chi connectivity index (χ0v) is 14.0. The van der Waals surface area contributed by atoms with Crippen LogP contribution in [-0.2, 0) is 4.79 Å². The number of rotatable bonds is 7. The van der Waals surface area contributed by atoms with Crippen LogP contribution in [0.15, 0.2) is 60.7 Å². The number of Topliss-reactive ketones (excluding diaryl/α,β-unsaturated/α-hetero) is 1. The number of carbonyl (C=O) groups excluding carboxylic acids is 1. The predicted octanol–water partition coefficient (Wildman–Crippen LogP) is 3.35. The smallest absolute Gasteiger partial charge is 0.315 e. The maximum absolute atomic E-state index is 12.5. The number of nitrogens with zero attached hydrogens (tertiary/aromatic N) is 1. The lowest BCUT2D eigenvalue weighted by molar-refractivity contribution is -0.536. The molecule has 124 valence electrons. The standard InChI is InChI=1S/C17H14BrNO5/c18-14(16(20)12-9-5-2-6-10-12)13(17(21)22)15(19(23)24)11-7-3-1-4-8-11/h1-10,13-15H,(H,21,22)/t13-,14-,15-/m1/s1. The summed E-state index contributed by atoms with van der Waals surface area (Å²) in [5.41, 5.74) is 0.529. The van der Waals surface area contributed by atoms with Gasteiger partial charge in [-0.1, -0.05) is 76.6 Å². The van der Waals surface area contributed by atoms with Crippen LogP contribution in [0.25, 0.3) is 0 Å². The molecule has 0 aliphatic heterocycles. The summed E-state index contributed by atoms with van der Waals surface area (Å²) in [7, 11) is 0. The molecule has 0 radical (unpaired) electrons. The van der Waals surface area contributed by atoms with E-state index < -0.39 is 33.5 Å². The molecular weight excluding hydrogens is 378 g/mol. The summed E-state index contributed by atoms with van der Waals surface area (Å²) in [6.07, 6.45) is 0. The van der Waals surface area contributed by atoms with Crippen molar-refractivity contribution in [2.24, 2.45) is 5.92 Å². The maximum Gasteiger partial charge on any atom is 0.315 e. The minimum absolute atomic E-state index is 0.236. The molecule has 2 rings (SSSR count). The Morgan fingerprint density at radius 1 is 1.00 bits per heavy atom. The first-order chi connectivity index (χ1) is 11.4. The van der Waals surface area contributed by atoms with Gasteiger partial charge in [-0.2, -0.15) is 0 Å². The molecule has 0 saturated carbocycles. The number of carboxylic acids is 1. The zero-order chi connectivity index (χ0) is 17.7. The largest absolute Gasteiger partial charge is 0.481 e. The van der Waals surface area contributed by atoms with Crippen LogP contribution in [0.5, 0.6) is 0 Å². The van der Waals surface area contributed by atoms with Gasteiger partial charge in [-0.05, 0) is 0 Å². The number of hydrogen-bond donors (Lipinski definition) is 1. The van der Waals surface area contributed by atoms with Gasteiger partial charge in [0.25, 0.3) is 6.04 Å². The van der Waals surface area contributed by atoms with Crippen molar-refractivity contribution in [3.05, 3.63) is 81.9 Å². The minimum atomic E-state index is -1.55.